The van der Waals surface area contributed by atoms with Crippen molar-refractivity contribution in [1.82, 2.24) is 0 Å². The van der Waals surface area contributed by atoms with E-state index in [0.717, 1.165) is 0 Å². The molecule has 0 saturated heterocycles. The molecule has 1 rings (SSSR count). The van der Waals surface area contributed by atoms with Gasteiger partial charge in [-0.15, -0.1) is 0 Å². The molecule has 0 fully saturated rings. The molecule has 0 spiro atoms. The molecule has 0 unspecified atom stereocenters. The molecule has 0 radical (unpaired) electrons. The number of primary amides is 1. The van der Waals surface area contributed by atoms with Gasteiger partial charge >= 0.3 is 0 Å². The molecule has 0 atom stereocenters. The minimum Gasteiger partial charge on any atom is -0.496 e. The molecule has 5 nitrogen and oxygen atoms in total. The van der Waals surface area contributed by atoms with Crippen LogP contribution in [-0.2, 0) is 4.79 Å². The van der Waals surface area contributed by atoms with E-state index >= 15 is 0 Å². The summed E-state index contributed by atoms with van der Waals surface area (Å²) in [7, 11) is 1.43. The average molecular weight is 223 g/mol. The van der Waals surface area contributed by atoms with E-state index in [1.807, 2.05) is 0 Å². The Bertz CT molecular complexity index is 414. The van der Waals surface area contributed by atoms with Gasteiger partial charge in [0, 0.05) is 6.07 Å². The lowest BCUT2D eigenvalue weighted by Crippen LogP contribution is -2.13. The van der Waals surface area contributed by atoms with Crippen LogP contribution in [0.25, 0.3) is 0 Å². The maximum Gasteiger partial charge on any atom is 0.252 e. The summed E-state index contributed by atoms with van der Waals surface area (Å²) in [4.78, 5) is 21.7. The van der Waals surface area contributed by atoms with Crippen LogP contribution in [0.3, 0.4) is 0 Å². The summed E-state index contributed by atoms with van der Waals surface area (Å²) >= 11 is 0. The van der Waals surface area contributed by atoms with Crippen molar-refractivity contribution >= 4 is 11.7 Å². The largest absolute Gasteiger partial charge is 0.496 e. The van der Waals surface area contributed by atoms with Crippen molar-refractivity contribution < 1.29 is 19.1 Å². The van der Waals surface area contributed by atoms with Crippen LogP contribution in [0.15, 0.2) is 18.2 Å². The monoisotopic (exact) mass is 223 g/mol. The van der Waals surface area contributed by atoms with Crippen LogP contribution in [0.1, 0.15) is 17.3 Å². The standard InChI is InChI=1S/C11H13NO4/c1-7(13)6-16-8-3-4-9(11(12)14)10(5-8)15-2/h3-5H,6H2,1-2H3,(H2,12,14). The van der Waals surface area contributed by atoms with Crippen LogP contribution in [0, 0.1) is 0 Å². The van der Waals surface area contributed by atoms with Gasteiger partial charge in [-0.1, -0.05) is 0 Å². The van der Waals surface area contributed by atoms with E-state index in [2.05, 4.69) is 0 Å². The highest BCUT2D eigenvalue weighted by Crippen LogP contribution is 2.24. The molecule has 0 aliphatic carbocycles. The fraction of sp³-hybridized carbons (Fsp3) is 0.273. The fourth-order valence-corrected chi connectivity index (χ4v) is 1.15. The van der Waals surface area contributed by atoms with Crippen LogP contribution in [0.4, 0.5) is 0 Å². The van der Waals surface area contributed by atoms with Gasteiger partial charge in [0.1, 0.15) is 18.1 Å². The van der Waals surface area contributed by atoms with E-state index in [1.54, 1.807) is 6.07 Å². The molecule has 0 aliphatic rings. The van der Waals surface area contributed by atoms with Gasteiger partial charge in [0.15, 0.2) is 5.78 Å². The third-order valence-electron chi connectivity index (χ3n) is 1.88. The highest BCUT2D eigenvalue weighted by atomic mass is 16.5. The van der Waals surface area contributed by atoms with Crippen LogP contribution >= 0.6 is 0 Å². The van der Waals surface area contributed by atoms with Gasteiger partial charge in [0.05, 0.1) is 12.7 Å². The summed E-state index contributed by atoms with van der Waals surface area (Å²) in [6.07, 6.45) is 0. The lowest BCUT2D eigenvalue weighted by Gasteiger charge is -2.08. The Morgan fingerprint density at radius 1 is 1.38 bits per heavy atom. The van der Waals surface area contributed by atoms with E-state index in [1.165, 1.54) is 26.2 Å². The van der Waals surface area contributed by atoms with E-state index in [-0.39, 0.29) is 18.0 Å². The van der Waals surface area contributed by atoms with Gasteiger partial charge in [0.2, 0.25) is 0 Å². The Balaban J connectivity index is 2.90. The number of rotatable bonds is 5. The Morgan fingerprint density at radius 3 is 2.56 bits per heavy atom. The van der Waals surface area contributed by atoms with Crippen molar-refractivity contribution in [3.05, 3.63) is 23.8 Å². The second-order valence-electron chi connectivity index (χ2n) is 3.22. The van der Waals surface area contributed by atoms with Gasteiger partial charge in [-0.05, 0) is 19.1 Å². The maximum atomic E-state index is 11.0. The lowest BCUT2D eigenvalue weighted by atomic mass is 10.2. The topological polar surface area (TPSA) is 78.6 Å². The normalized spacial score (nSPS) is 9.62. The van der Waals surface area contributed by atoms with E-state index in [4.69, 9.17) is 15.2 Å². The summed E-state index contributed by atoms with van der Waals surface area (Å²) in [6, 6.07) is 4.57. The van der Waals surface area contributed by atoms with Gasteiger partial charge in [0.25, 0.3) is 5.91 Å². The molecule has 1 aromatic rings. The highest BCUT2D eigenvalue weighted by molar-refractivity contribution is 5.95. The Hall–Kier alpha value is -2.04. The molecule has 2 N–H and O–H groups in total. The molecule has 1 aromatic carbocycles. The average Bonchev–Trinajstić information content (AvgIpc) is 2.25. The maximum absolute atomic E-state index is 11.0. The number of methoxy groups -OCH3 is 1. The summed E-state index contributed by atoms with van der Waals surface area (Å²) in [6.45, 7) is 1.41. The molecule has 0 saturated carbocycles. The van der Waals surface area contributed by atoms with Crippen LogP contribution < -0.4 is 15.2 Å². The number of ether oxygens (including phenoxy) is 2. The highest BCUT2D eigenvalue weighted by Gasteiger charge is 2.10. The number of benzene rings is 1. The molecule has 1 amide bonds. The minimum atomic E-state index is -0.574. The zero-order chi connectivity index (χ0) is 12.1. The molecule has 86 valence electrons. The third kappa shape index (κ3) is 2.98. The number of amides is 1. The number of hydrogen-bond donors (Lipinski definition) is 1. The molecule has 0 aromatic heterocycles. The molecular weight excluding hydrogens is 210 g/mol. The zero-order valence-electron chi connectivity index (χ0n) is 9.15. The quantitative estimate of drug-likeness (QED) is 0.799. The first-order valence-electron chi connectivity index (χ1n) is 4.64. The van der Waals surface area contributed by atoms with Crippen LogP contribution in [0.5, 0.6) is 11.5 Å². The molecular formula is C11H13NO4. The number of Topliss-reactive ketones (excluding diaryl/α,β-unsaturated/α-hetero) is 1. The first-order valence-corrected chi connectivity index (χ1v) is 4.64. The summed E-state index contributed by atoms with van der Waals surface area (Å²) in [5, 5.41) is 0. The Morgan fingerprint density at radius 2 is 2.06 bits per heavy atom. The third-order valence-corrected chi connectivity index (χ3v) is 1.88. The predicted octanol–water partition coefficient (Wildman–Crippen LogP) is 0.762. The van der Waals surface area contributed by atoms with Crippen LogP contribution in [-0.4, -0.2) is 25.4 Å². The lowest BCUT2D eigenvalue weighted by molar-refractivity contribution is -0.118. The fourth-order valence-electron chi connectivity index (χ4n) is 1.15. The van der Waals surface area contributed by atoms with Crippen molar-refractivity contribution in [3.8, 4) is 11.5 Å². The first-order chi connectivity index (χ1) is 7.54. The van der Waals surface area contributed by atoms with Gasteiger partial charge in [-0.3, -0.25) is 9.59 Å². The van der Waals surface area contributed by atoms with Crippen molar-refractivity contribution in [1.29, 1.82) is 0 Å². The first kappa shape index (κ1) is 12.0. The molecule has 16 heavy (non-hydrogen) atoms. The van der Waals surface area contributed by atoms with Crippen molar-refractivity contribution in [3.63, 3.8) is 0 Å². The summed E-state index contributed by atoms with van der Waals surface area (Å²) in [5.41, 5.74) is 5.42. The van der Waals surface area contributed by atoms with Gasteiger partial charge in [-0.2, -0.15) is 0 Å². The summed E-state index contributed by atoms with van der Waals surface area (Å²) in [5.74, 6) is 0.124. The van der Waals surface area contributed by atoms with E-state index < -0.39 is 5.91 Å². The second kappa shape index (κ2) is 5.16. The SMILES string of the molecule is COc1cc(OCC(C)=O)ccc1C(N)=O. The number of carbonyl (C=O) groups is 2. The minimum absolute atomic E-state index is 0.0148. The zero-order valence-corrected chi connectivity index (χ0v) is 9.15. The molecule has 0 heterocycles. The Kier molecular flexibility index (Phi) is 3.88. The van der Waals surface area contributed by atoms with Gasteiger partial charge in [-0.25, -0.2) is 0 Å². The van der Waals surface area contributed by atoms with E-state index in [9.17, 15) is 9.59 Å². The molecule has 5 heteroatoms. The number of carbonyl (C=O) groups excluding carboxylic acids is 2. The summed E-state index contributed by atoms with van der Waals surface area (Å²) < 4.78 is 10.2. The predicted molar refractivity (Wildman–Crippen MR) is 57.7 cm³/mol. The molecule has 0 aliphatic heterocycles. The van der Waals surface area contributed by atoms with Crippen molar-refractivity contribution in [2.75, 3.05) is 13.7 Å². The van der Waals surface area contributed by atoms with Gasteiger partial charge < -0.3 is 15.2 Å². The molecule has 0 bridgehead atoms. The number of ketones is 1. The van der Waals surface area contributed by atoms with E-state index in [0.29, 0.717) is 11.5 Å². The smallest absolute Gasteiger partial charge is 0.252 e. The van der Waals surface area contributed by atoms with Crippen molar-refractivity contribution in [2.24, 2.45) is 5.73 Å². The van der Waals surface area contributed by atoms with Crippen LogP contribution in [0.2, 0.25) is 0 Å². The van der Waals surface area contributed by atoms with Crippen molar-refractivity contribution in [2.45, 2.75) is 6.92 Å². The Labute approximate surface area is 93.1 Å². The second-order valence-corrected chi connectivity index (χ2v) is 3.22. The number of nitrogens with two attached hydrogens (primary N) is 1. The number of hydrogen-bond acceptors (Lipinski definition) is 4.